The summed E-state index contributed by atoms with van der Waals surface area (Å²) >= 11 is 0. The number of aliphatic hydroxyl groups excluding tert-OH is 1. The molecule has 1 unspecified atom stereocenters. The Morgan fingerprint density at radius 1 is 1.53 bits per heavy atom. The maximum atomic E-state index is 11.2. The van der Waals surface area contributed by atoms with E-state index in [1.807, 2.05) is 0 Å². The number of hydrogen-bond donors (Lipinski definition) is 3. The van der Waals surface area contributed by atoms with Crippen LogP contribution in [-0.4, -0.2) is 38.9 Å². The molecule has 0 aliphatic carbocycles. The van der Waals surface area contributed by atoms with E-state index in [0.717, 1.165) is 0 Å². The zero-order chi connectivity index (χ0) is 11.9. The third kappa shape index (κ3) is 7.11. The van der Waals surface area contributed by atoms with Gasteiger partial charge in [0.25, 0.3) is 0 Å². The fourth-order valence-electron chi connectivity index (χ4n) is 0.817. The third-order valence-corrected chi connectivity index (χ3v) is 2.56. The molecule has 0 aromatic carbocycles. The molecule has 8 heteroatoms. The van der Waals surface area contributed by atoms with Crippen molar-refractivity contribution in [3.05, 3.63) is 0 Å². The van der Waals surface area contributed by atoms with E-state index in [1.54, 1.807) is 18.6 Å². The summed E-state index contributed by atoms with van der Waals surface area (Å²) in [5, 5.41) is 8.55. The van der Waals surface area contributed by atoms with Gasteiger partial charge < -0.3 is 9.84 Å². The second kappa shape index (κ2) is 6.59. The predicted octanol–water partition coefficient (Wildman–Crippen LogP) is -0.662. The SMILES string of the molecule is CCOC(=O)NS(=O)(=O)NC(C)CCO. The van der Waals surface area contributed by atoms with Crippen molar-refractivity contribution in [3.8, 4) is 0 Å². The highest BCUT2D eigenvalue weighted by Gasteiger charge is 2.17. The highest BCUT2D eigenvalue weighted by Crippen LogP contribution is 1.91. The first kappa shape index (κ1) is 14.1. The Hall–Kier alpha value is -0.860. The summed E-state index contributed by atoms with van der Waals surface area (Å²) in [6, 6.07) is -0.457. The summed E-state index contributed by atoms with van der Waals surface area (Å²) in [7, 11) is -3.91. The molecular weight excluding hydrogens is 224 g/mol. The van der Waals surface area contributed by atoms with Crippen molar-refractivity contribution in [2.75, 3.05) is 13.2 Å². The molecular formula is C7H16N2O5S. The first-order valence-electron chi connectivity index (χ1n) is 4.49. The molecule has 0 rings (SSSR count). The first-order chi connectivity index (χ1) is 6.91. The van der Waals surface area contributed by atoms with Gasteiger partial charge in [-0.25, -0.2) is 9.52 Å². The number of carbonyl (C=O) groups excluding carboxylic acids is 1. The molecule has 15 heavy (non-hydrogen) atoms. The number of carbonyl (C=O) groups is 1. The summed E-state index contributed by atoms with van der Waals surface area (Å²) in [5.74, 6) is 0. The molecule has 0 aromatic heterocycles. The summed E-state index contributed by atoms with van der Waals surface area (Å²) in [4.78, 5) is 10.8. The molecule has 0 aliphatic rings. The summed E-state index contributed by atoms with van der Waals surface area (Å²) in [5.41, 5.74) is 0. The van der Waals surface area contributed by atoms with E-state index < -0.39 is 22.3 Å². The third-order valence-electron chi connectivity index (χ3n) is 1.41. The standard InChI is InChI=1S/C7H16N2O5S/c1-3-14-7(11)9-15(12,13)8-6(2)4-5-10/h6,8,10H,3-5H2,1-2H3,(H,9,11). The molecule has 0 radical (unpaired) electrons. The predicted molar refractivity (Wildman–Crippen MR) is 53.4 cm³/mol. The van der Waals surface area contributed by atoms with Crippen LogP contribution in [0, 0.1) is 0 Å². The first-order valence-corrected chi connectivity index (χ1v) is 5.97. The maximum absolute atomic E-state index is 11.2. The van der Waals surface area contributed by atoms with E-state index in [0.29, 0.717) is 0 Å². The van der Waals surface area contributed by atoms with E-state index in [1.165, 1.54) is 0 Å². The Morgan fingerprint density at radius 3 is 2.60 bits per heavy atom. The second-order valence-electron chi connectivity index (χ2n) is 2.86. The molecule has 0 aromatic rings. The number of nitrogens with one attached hydrogen (secondary N) is 2. The van der Waals surface area contributed by atoms with Crippen molar-refractivity contribution in [3.63, 3.8) is 0 Å². The van der Waals surface area contributed by atoms with Gasteiger partial charge in [-0.2, -0.15) is 13.1 Å². The molecule has 0 aliphatic heterocycles. The van der Waals surface area contributed by atoms with E-state index >= 15 is 0 Å². The average molecular weight is 240 g/mol. The minimum Gasteiger partial charge on any atom is -0.449 e. The van der Waals surface area contributed by atoms with E-state index in [9.17, 15) is 13.2 Å². The monoisotopic (exact) mass is 240 g/mol. The number of aliphatic hydroxyl groups is 1. The van der Waals surface area contributed by atoms with Gasteiger partial charge in [-0.05, 0) is 20.3 Å². The van der Waals surface area contributed by atoms with Crippen molar-refractivity contribution >= 4 is 16.3 Å². The van der Waals surface area contributed by atoms with Crippen LogP contribution in [0.1, 0.15) is 20.3 Å². The van der Waals surface area contributed by atoms with Crippen LogP contribution >= 0.6 is 0 Å². The normalized spacial score (nSPS) is 13.3. The summed E-state index contributed by atoms with van der Waals surface area (Å²) in [6.45, 7) is 3.09. The summed E-state index contributed by atoms with van der Waals surface area (Å²) < 4.78 is 30.6. The van der Waals surface area contributed by atoms with E-state index in [-0.39, 0.29) is 19.6 Å². The van der Waals surface area contributed by atoms with Gasteiger partial charge in [-0.15, -0.1) is 0 Å². The Kier molecular flexibility index (Phi) is 6.21. The van der Waals surface area contributed by atoms with Crippen LogP contribution in [0.2, 0.25) is 0 Å². The van der Waals surface area contributed by atoms with Gasteiger partial charge in [0.05, 0.1) is 6.61 Å². The van der Waals surface area contributed by atoms with Gasteiger partial charge in [0.15, 0.2) is 0 Å². The second-order valence-corrected chi connectivity index (χ2v) is 4.30. The number of amides is 1. The van der Waals surface area contributed by atoms with E-state index in [2.05, 4.69) is 9.46 Å². The molecule has 0 saturated carbocycles. The van der Waals surface area contributed by atoms with Gasteiger partial charge in [-0.3, -0.25) is 0 Å². The minimum absolute atomic E-state index is 0.0908. The van der Waals surface area contributed by atoms with Crippen LogP contribution in [0.15, 0.2) is 0 Å². The molecule has 3 N–H and O–H groups in total. The zero-order valence-electron chi connectivity index (χ0n) is 8.69. The molecule has 0 saturated heterocycles. The Morgan fingerprint density at radius 2 is 2.13 bits per heavy atom. The topological polar surface area (TPSA) is 105 Å². The summed E-state index contributed by atoms with van der Waals surface area (Å²) in [6.07, 6.45) is -0.759. The lowest BCUT2D eigenvalue weighted by Crippen LogP contribution is -2.44. The highest BCUT2D eigenvalue weighted by molar-refractivity contribution is 7.88. The Balaban J connectivity index is 4.13. The van der Waals surface area contributed by atoms with Gasteiger partial charge in [0, 0.05) is 12.6 Å². The number of ether oxygens (including phenoxy) is 1. The lowest BCUT2D eigenvalue weighted by atomic mass is 10.3. The van der Waals surface area contributed by atoms with Gasteiger partial charge in [0.2, 0.25) is 0 Å². The van der Waals surface area contributed by atoms with Crippen molar-refractivity contribution < 1.29 is 23.1 Å². The smallest absolute Gasteiger partial charge is 0.421 e. The molecule has 0 heterocycles. The molecule has 1 amide bonds. The lowest BCUT2D eigenvalue weighted by molar-refractivity contribution is 0.158. The van der Waals surface area contributed by atoms with Crippen LogP contribution in [0.25, 0.3) is 0 Å². The molecule has 1 atom stereocenters. The molecule has 0 fully saturated rings. The fraction of sp³-hybridized carbons (Fsp3) is 0.857. The number of rotatable bonds is 6. The van der Waals surface area contributed by atoms with Crippen molar-refractivity contribution in [1.82, 2.24) is 9.44 Å². The lowest BCUT2D eigenvalue weighted by Gasteiger charge is -2.13. The molecule has 7 nitrogen and oxygen atoms in total. The average Bonchev–Trinajstić information content (AvgIpc) is 2.01. The van der Waals surface area contributed by atoms with Crippen LogP contribution < -0.4 is 9.44 Å². The van der Waals surface area contributed by atoms with Crippen LogP contribution in [0.4, 0.5) is 4.79 Å². The van der Waals surface area contributed by atoms with Crippen molar-refractivity contribution in [2.45, 2.75) is 26.3 Å². The largest absolute Gasteiger partial charge is 0.449 e. The molecule has 0 bridgehead atoms. The van der Waals surface area contributed by atoms with Gasteiger partial charge in [0.1, 0.15) is 0 Å². The van der Waals surface area contributed by atoms with Crippen LogP contribution in [0.3, 0.4) is 0 Å². The fourth-order valence-corrected chi connectivity index (χ4v) is 1.80. The Labute approximate surface area is 89.0 Å². The quantitative estimate of drug-likeness (QED) is 0.571. The molecule has 0 spiro atoms. The van der Waals surface area contributed by atoms with Crippen LogP contribution in [0.5, 0.6) is 0 Å². The van der Waals surface area contributed by atoms with Crippen molar-refractivity contribution in [2.24, 2.45) is 0 Å². The zero-order valence-corrected chi connectivity index (χ0v) is 9.50. The van der Waals surface area contributed by atoms with Gasteiger partial charge >= 0.3 is 16.3 Å². The van der Waals surface area contributed by atoms with E-state index in [4.69, 9.17) is 5.11 Å². The van der Waals surface area contributed by atoms with Gasteiger partial charge in [-0.1, -0.05) is 0 Å². The minimum atomic E-state index is -3.91. The van der Waals surface area contributed by atoms with Crippen molar-refractivity contribution in [1.29, 1.82) is 0 Å². The Bertz CT molecular complexity index is 290. The molecule has 90 valence electrons. The van der Waals surface area contributed by atoms with Crippen LogP contribution in [-0.2, 0) is 14.9 Å². The maximum Gasteiger partial charge on any atom is 0.421 e. The number of hydrogen-bond acceptors (Lipinski definition) is 5. The highest BCUT2D eigenvalue weighted by atomic mass is 32.2.